The van der Waals surface area contributed by atoms with Crippen LogP contribution < -0.4 is 14.4 Å². The van der Waals surface area contributed by atoms with E-state index in [9.17, 15) is 18.0 Å². The molecule has 2 amide bonds. The Balaban J connectivity index is 2.09. The number of aryl methyl sites for hydroxylation is 1. The molecule has 0 fully saturated rings. The number of carbonyl (C=O) groups is 2. The van der Waals surface area contributed by atoms with E-state index < -0.39 is 28.5 Å². The fourth-order valence-electron chi connectivity index (χ4n) is 4.18. The van der Waals surface area contributed by atoms with E-state index in [4.69, 9.17) is 4.74 Å². The Morgan fingerprint density at radius 1 is 0.921 bits per heavy atom. The lowest BCUT2D eigenvalue weighted by molar-refractivity contribution is -0.140. The molecule has 1 N–H and O–H groups in total. The van der Waals surface area contributed by atoms with Gasteiger partial charge in [0, 0.05) is 13.1 Å². The van der Waals surface area contributed by atoms with Gasteiger partial charge in [-0.3, -0.25) is 13.9 Å². The van der Waals surface area contributed by atoms with Gasteiger partial charge in [0.15, 0.2) is 0 Å². The molecule has 0 aliphatic carbocycles. The van der Waals surface area contributed by atoms with Gasteiger partial charge in [-0.2, -0.15) is 0 Å². The zero-order valence-electron chi connectivity index (χ0n) is 22.3. The molecule has 0 aliphatic heterocycles. The summed E-state index contributed by atoms with van der Waals surface area (Å²) >= 11 is 0. The van der Waals surface area contributed by atoms with Crippen LogP contribution in [0, 0.1) is 6.92 Å². The van der Waals surface area contributed by atoms with Crippen molar-refractivity contribution in [1.29, 1.82) is 0 Å². The van der Waals surface area contributed by atoms with Crippen molar-refractivity contribution in [3.8, 4) is 5.75 Å². The van der Waals surface area contributed by atoms with E-state index in [1.54, 1.807) is 36.4 Å². The van der Waals surface area contributed by atoms with E-state index in [0.29, 0.717) is 18.7 Å². The van der Waals surface area contributed by atoms with Crippen LogP contribution in [0.2, 0.25) is 0 Å². The van der Waals surface area contributed by atoms with Gasteiger partial charge in [0.1, 0.15) is 18.3 Å². The van der Waals surface area contributed by atoms with Crippen LogP contribution in [0.25, 0.3) is 0 Å². The van der Waals surface area contributed by atoms with E-state index in [1.807, 2.05) is 51.1 Å². The first kappa shape index (κ1) is 28.7. The van der Waals surface area contributed by atoms with Crippen LogP contribution in [0.1, 0.15) is 31.4 Å². The van der Waals surface area contributed by atoms with Crippen LogP contribution in [0.15, 0.2) is 83.8 Å². The molecule has 3 aromatic carbocycles. The SMILES string of the molecule is CCNC(=O)[C@H](CC)N(Cc1ccccc1)C(=O)CN(c1ccccc1OC)S(=O)(=O)c1ccc(C)cc1. The first-order valence-corrected chi connectivity index (χ1v) is 14.0. The number of hydrogen-bond acceptors (Lipinski definition) is 5. The molecule has 8 nitrogen and oxygen atoms in total. The molecule has 0 unspecified atom stereocenters. The maximum Gasteiger partial charge on any atom is 0.264 e. The number of sulfonamides is 1. The predicted octanol–water partition coefficient (Wildman–Crippen LogP) is 4.14. The van der Waals surface area contributed by atoms with Gasteiger partial charge in [-0.15, -0.1) is 0 Å². The van der Waals surface area contributed by atoms with E-state index in [1.165, 1.54) is 24.1 Å². The number of likely N-dealkylation sites (N-methyl/N-ethyl adjacent to an activating group) is 1. The van der Waals surface area contributed by atoms with Crippen molar-refractivity contribution < 1.29 is 22.7 Å². The number of nitrogens with one attached hydrogen (secondary N) is 1. The number of amides is 2. The van der Waals surface area contributed by atoms with Crippen LogP contribution in [0.5, 0.6) is 5.75 Å². The zero-order chi connectivity index (χ0) is 27.7. The van der Waals surface area contributed by atoms with Gasteiger partial charge in [0.2, 0.25) is 11.8 Å². The normalized spacial score (nSPS) is 11.9. The van der Waals surface area contributed by atoms with Gasteiger partial charge in [-0.05, 0) is 50.1 Å². The topological polar surface area (TPSA) is 96.0 Å². The number of methoxy groups -OCH3 is 1. The Kier molecular flexibility index (Phi) is 9.90. The molecule has 0 radical (unpaired) electrons. The highest BCUT2D eigenvalue weighted by Gasteiger charge is 2.34. The number of hydrogen-bond donors (Lipinski definition) is 1. The summed E-state index contributed by atoms with van der Waals surface area (Å²) < 4.78 is 34.4. The second-order valence-corrected chi connectivity index (χ2v) is 10.7. The van der Waals surface area contributed by atoms with Crippen molar-refractivity contribution >= 4 is 27.5 Å². The molecule has 0 heterocycles. The third kappa shape index (κ3) is 6.72. The second kappa shape index (κ2) is 13.1. The van der Waals surface area contributed by atoms with Gasteiger partial charge in [-0.1, -0.05) is 67.1 Å². The zero-order valence-corrected chi connectivity index (χ0v) is 23.1. The molecule has 0 saturated heterocycles. The summed E-state index contributed by atoms with van der Waals surface area (Å²) in [6, 6.07) is 21.6. The smallest absolute Gasteiger partial charge is 0.264 e. The number of rotatable bonds is 12. The molecule has 0 bridgehead atoms. The third-order valence-corrected chi connectivity index (χ3v) is 7.95. The lowest BCUT2D eigenvalue weighted by atomic mass is 10.1. The van der Waals surface area contributed by atoms with Crippen molar-refractivity contribution in [3.05, 3.63) is 90.0 Å². The molecule has 0 spiro atoms. The number of benzene rings is 3. The summed E-state index contributed by atoms with van der Waals surface area (Å²) in [7, 11) is -2.72. The van der Waals surface area contributed by atoms with Gasteiger partial charge in [-0.25, -0.2) is 8.42 Å². The summed E-state index contributed by atoms with van der Waals surface area (Å²) in [5, 5.41) is 2.80. The monoisotopic (exact) mass is 537 g/mol. The lowest BCUT2D eigenvalue weighted by Crippen LogP contribution is -2.52. The van der Waals surface area contributed by atoms with Gasteiger partial charge < -0.3 is 15.0 Å². The molecular weight excluding hydrogens is 502 g/mol. The highest BCUT2D eigenvalue weighted by Crippen LogP contribution is 2.32. The molecule has 0 aliphatic rings. The number of anilines is 1. The third-order valence-electron chi connectivity index (χ3n) is 6.17. The maximum atomic E-state index is 14.0. The van der Waals surface area contributed by atoms with Crippen LogP contribution in [0.4, 0.5) is 5.69 Å². The quantitative estimate of drug-likeness (QED) is 0.375. The number of para-hydroxylation sites is 2. The van der Waals surface area contributed by atoms with E-state index in [0.717, 1.165) is 15.4 Å². The summed E-state index contributed by atoms with van der Waals surface area (Å²) in [6.07, 6.45) is 0.365. The number of nitrogens with zero attached hydrogens (tertiary/aromatic N) is 2. The van der Waals surface area contributed by atoms with Gasteiger partial charge in [0.25, 0.3) is 10.0 Å². The fourth-order valence-corrected chi connectivity index (χ4v) is 5.60. The molecule has 9 heteroatoms. The molecule has 3 aromatic rings. The highest BCUT2D eigenvalue weighted by atomic mass is 32.2. The van der Waals surface area contributed by atoms with E-state index >= 15 is 0 Å². The van der Waals surface area contributed by atoms with Crippen molar-refractivity contribution in [1.82, 2.24) is 10.2 Å². The maximum absolute atomic E-state index is 14.0. The van der Waals surface area contributed by atoms with E-state index in [-0.39, 0.29) is 23.0 Å². The minimum absolute atomic E-state index is 0.0483. The minimum Gasteiger partial charge on any atom is -0.495 e. The van der Waals surface area contributed by atoms with Gasteiger partial charge >= 0.3 is 0 Å². The molecule has 0 saturated carbocycles. The van der Waals surface area contributed by atoms with E-state index in [2.05, 4.69) is 5.32 Å². The molecule has 202 valence electrons. The van der Waals surface area contributed by atoms with Crippen LogP contribution >= 0.6 is 0 Å². The minimum atomic E-state index is -4.16. The van der Waals surface area contributed by atoms with Crippen molar-refractivity contribution in [2.24, 2.45) is 0 Å². The average molecular weight is 538 g/mol. The fraction of sp³-hybridized carbons (Fsp3) is 0.310. The number of carbonyl (C=O) groups excluding carboxylic acids is 2. The number of ether oxygens (including phenoxy) is 1. The Labute approximate surface area is 225 Å². The summed E-state index contributed by atoms with van der Waals surface area (Å²) in [5.41, 5.74) is 1.97. The molecule has 38 heavy (non-hydrogen) atoms. The Morgan fingerprint density at radius 2 is 1.55 bits per heavy atom. The second-order valence-electron chi connectivity index (χ2n) is 8.82. The largest absolute Gasteiger partial charge is 0.495 e. The molecular formula is C29H35N3O5S. The summed E-state index contributed by atoms with van der Waals surface area (Å²) in [5.74, 6) is -0.487. The highest BCUT2D eigenvalue weighted by molar-refractivity contribution is 7.92. The molecule has 3 rings (SSSR count). The standard InChI is InChI=1S/C29H35N3O5S/c1-5-25(29(34)30-6-2)31(20-23-12-8-7-9-13-23)28(33)21-32(26-14-10-11-15-27(26)37-4)38(35,36)24-18-16-22(3)17-19-24/h7-19,25H,5-6,20-21H2,1-4H3,(H,30,34)/t25-/m0/s1. The predicted molar refractivity (Wildman–Crippen MR) is 148 cm³/mol. The Hall–Kier alpha value is -3.85. The first-order valence-electron chi connectivity index (χ1n) is 12.6. The van der Waals surface area contributed by atoms with Crippen molar-refractivity contribution in [2.75, 3.05) is 24.5 Å². The molecule has 1 atom stereocenters. The average Bonchev–Trinajstić information content (AvgIpc) is 2.92. The Morgan fingerprint density at radius 3 is 2.16 bits per heavy atom. The first-order chi connectivity index (χ1) is 18.2. The summed E-state index contributed by atoms with van der Waals surface area (Å²) in [4.78, 5) is 28.4. The van der Waals surface area contributed by atoms with Crippen molar-refractivity contribution in [2.45, 2.75) is 44.7 Å². The van der Waals surface area contributed by atoms with Crippen LogP contribution in [-0.4, -0.2) is 51.4 Å². The lowest BCUT2D eigenvalue weighted by Gasteiger charge is -2.33. The van der Waals surface area contributed by atoms with Crippen LogP contribution in [-0.2, 0) is 26.2 Å². The Bertz CT molecular complexity index is 1330. The van der Waals surface area contributed by atoms with Crippen LogP contribution in [0.3, 0.4) is 0 Å². The molecule has 0 aromatic heterocycles. The van der Waals surface area contributed by atoms with Gasteiger partial charge in [0.05, 0.1) is 17.7 Å². The van der Waals surface area contributed by atoms with Crippen molar-refractivity contribution in [3.63, 3.8) is 0 Å². The summed E-state index contributed by atoms with van der Waals surface area (Å²) in [6.45, 7) is 5.56.